The maximum Gasteiger partial charge on any atom is 0.304 e. The molecule has 0 bridgehead atoms. The van der Waals surface area contributed by atoms with Gasteiger partial charge >= 0.3 is 5.97 Å². The van der Waals surface area contributed by atoms with Crippen molar-refractivity contribution in [3.8, 4) is 0 Å². The summed E-state index contributed by atoms with van der Waals surface area (Å²) in [6.45, 7) is 28.1. The Bertz CT molecular complexity index is 2500. The molecule has 520 valence electrons. The number of carbonyl (C=O) groups excluding carboxylic acids is 11. The Hall–Kier alpha value is -5.71. The number of carboxylic acid groups (broad SMARTS) is 1. The van der Waals surface area contributed by atoms with Crippen LogP contribution in [0.1, 0.15) is 175 Å². The molecule has 0 aromatic carbocycles. The van der Waals surface area contributed by atoms with Gasteiger partial charge in [-0.3, -0.25) is 57.5 Å². The van der Waals surface area contributed by atoms with E-state index in [9.17, 15) is 43.5 Å². The molecular weight excluding hydrogens is 1180 g/mol. The number of aliphatic hydroxyl groups is 1. The van der Waals surface area contributed by atoms with Crippen LogP contribution in [0.5, 0.6) is 0 Å². The zero-order valence-electron chi connectivity index (χ0n) is 59.6. The van der Waals surface area contributed by atoms with Gasteiger partial charge in [-0.2, -0.15) is 11.8 Å². The number of likely N-dealkylation sites (N-methyl/N-ethyl adjacent to an activating group) is 7. The summed E-state index contributed by atoms with van der Waals surface area (Å²) >= 11 is 1.41. The summed E-state index contributed by atoms with van der Waals surface area (Å²) < 4.78 is 0. The molecule has 1 aliphatic heterocycles. The Morgan fingerprint density at radius 2 is 0.989 bits per heavy atom. The van der Waals surface area contributed by atoms with Crippen LogP contribution in [0.25, 0.3) is 0 Å². The number of nitrogens with one attached hydrogen (secondary N) is 1. The van der Waals surface area contributed by atoms with E-state index in [2.05, 4.69) is 5.32 Å². The van der Waals surface area contributed by atoms with Gasteiger partial charge in [0.15, 0.2) is 17.3 Å². The van der Waals surface area contributed by atoms with Crippen LogP contribution in [0.4, 0.5) is 0 Å². The molecule has 1 heterocycles. The molecule has 8 amide bonds. The van der Waals surface area contributed by atoms with Crippen LogP contribution >= 0.6 is 11.8 Å². The Kier molecular flexibility index (Phi) is 35.8. The lowest BCUT2D eigenvalue weighted by atomic mass is 9.84. The molecule has 1 saturated heterocycles. The number of nitrogens with zero attached hydrogens (tertiary/aromatic N) is 7. The fourth-order valence-electron chi connectivity index (χ4n) is 11.9. The lowest BCUT2D eigenvalue weighted by Gasteiger charge is -2.41. The van der Waals surface area contributed by atoms with E-state index in [1.54, 1.807) is 54.5 Å². The molecule has 1 fully saturated rings. The maximum atomic E-state index is 15.3. The fraction of sp³-hybridized carbons (Fsp3) is 0.794. The highest BCUT2D eigenvalue weighted by molar-refractivity contribution is 7.99. The minimum Gasteiger partial charge on any atom is -0.481 e. The van der Waals surface area contributed by atoms with Crippen LogP contribution in [-0.2, 0) is 57.5 Å². The topological polar surface area (TPSA) is 280 Å². The molecule has 0 spiro atoms. The molecule has 12 atom stereocenters. The average Bonchev–Trinajstić information content (AvgIpc) is 0.858. The molecule has 22 nitrogen and oxygen atoms in total. The number of thioether (sulfide) groups is 1. The van der Waals surface area contributed by atoms with Gasteiger partial charge < -0.3 is 49.8 Å². The Labute approximate surface area is 549 Å². The van der Waals surface area contributed by atoms with E-state index in [4.69, 9.17) is 5.11 Å². The molecular formula is C68H118N8O14S. The molecule has 0 aromatic heterocycles. The van der Waals surface area contributed by atoms with Crippen LogP contribution in [-0.4, -0.2) is 231 Å². The highest BCUT2D eigenvalue weighted by Crippen LogP contribution is 2.29. The molecule has 1 rings (SSSR count). The number of hydrogen-bond acceptors (Lipinski definition) is 14. The number of carboxylic acids is 1. The standard InChI is InChI=1S/C68H118N8O14S/c1-24-48-36-56(79)60(61(83)45(14)27-25-26-29-91-30-28-58(81)82)76(23)68(90)59(44(12)13)75(22)67(89)53(34-42(8)9)74(21)66(88)52(33-41(6)7)73(20)63(85)47(16)69-62(84)46(15)35-54(77)51(32-40(4)5)72(19)65(87)49(43(10)11)37-55(78)50(31-39(2)3)71(18)57(80)38-70(17)64(48)86/h25-26,39-53,59-61,83H,24,27-38H2,1-23H3,(H,69,84)(H,81,82)/b26-25+/t45-,46-,47-,48-,49+,50+,51+,52+,53+,59+,60-,61-/m1/s1. The first kappa shape index (κ1) is 83.3. The van der Waals surface area contributed by atoms with Crippen molar-refractivity contribution in [3.05, 3.63) is 12.2 Å². The summed E-state index contributed by atoms with van der Waals surface area (Å²) in [4.78, 5) is 182. The average molecular weight is 1300 g/mol. The van der Waals surface area contributed by atoms with Gasteiger partial charge in [0.05, 0.1) is 31.2 Å². The van der Waals surface area contributed by atoms with Gasteiger partial charge in [0.25, 0.3) is 0 Å². The third-order valence-corrected chi connectivity index (χ3v) is 18.6. The largest absolute Gasteiger partial charge is 0.481 e. The second-order valence-electron chi connectivity index (χ2n) is 28.2. The summed E-state index contributed by atoms with van der Waals surface area (Å²) in [5, 5.41) is 24.2. The molecule has 0 aromatic rings. The number of carbonyl (C=O) groups is 12. The molecule has 1 aliphatic rings. The summed E-state index contributed by atoms with van der Waals surface area (Å²) in [5.41, 5.74) is 0. The van der Waals surface area contributed by atoms with Gasteiger partial charge in [-0.1, -0.05) is 116 Å². The second-order valence-corrected chi connectivity index (χ2v) is 29.3. The van der Waals surface area contributed by atoms with Crippen molar-refractivity contribution in [3.63, 3.8) is 0 Å². The first-order chi connectivity index (χ1) is 42.1. The van der Waals surface area contributed by atoms with E-state index in [1.807, 2.05) is 61.5 Å². The number of hydrogen-bond donors (Lipinski definition) is 3. The summed E-state index contributed by atoms with van der Waals surface area (Å²) in [6.07, 6.45) is 2.16. The monoisotopic (exact) mass is 1300 g/mol. The van der Waals surface area contributed by atoms with Crippen LogP contribution in [0.3, 0.4) is 0 Å². The molecule has 0 unspecified atom stereocenters. The summed E-state index contributed by atoms with van der Waals surface area (Å²) in [6, 6.07) is -8.33. The molecule has 0 radical (unpaired) electrons. The zero-order valence-corrected chi connectivity index (χ0v) is 60.4. The van der Waals surface area contributed by atoms with Gasteiger partial charge in [-0.15, -0.1) is 0 Å². The number of ketones is 3. The van der Waals surface area contributed by atoms with E-state index < -0.39 is 167 Å². The number of Topliss-reactive ketones (excluding diaryl/α,β-unsaturated/α-hetero) is 3. The van der Waals surface area contributed by atoms with Gasteiger partial charge in [0.1, 0.15) is 30.2 Å². The van der Waals surface area contributed by atoms with Crippen LogP contribution in [0.15, 0.2) is 12.2 Å². The Morgan fingerprint density at radius 3 is 1.46 bits per heavy atom. The van der Waals surface area contributed by atoms with E-state index in [-0.39, 0.29) is 81.5 Å². The van der Waals surface area contributed by atoms with Gasteiger partial charge in [-0.25, -0.2) is 0 Å². The first-order valence-corrected chi connectivity index (χ1v) is 34.1. The van der Waals surface area contributed by atoms with Crippen LogP contribution in [0, 0.1) is 59.2 Å². The normalized spacial score (nSPS) is 26.1. The minimum absolute atomic E-state index is 0.0135. The predicted octanol–water partition coefficient (Wildman–Crippen LogP) is 6.73. The predicted molar refractivity (Wildman–Crippen MR) is 356 cm³/mol. The molecule has 91 heavy (non-hydrogen) atoms. The maximum absolute atomic E-state index is 15.3. The van der Waals surface area contributed by atoms with E-state index in [0.29, 0.717) is 11.5 Å². The molecule has 0 aliphatic carbocycles. The van der Waals surface area contributed by atoms with Crippen molar-refractivity contribution in [2.75, 3.05) is 67.4 Å². The van der Waals surface area contributed by atoms with Gasteiger partial charge in [-0.05, 0) is 86.9 Å². The van der Waals surface area contributed by atoms with Gasteiger partial charge in [0, 0.05) is 97.9 Å². The Balaban J connectivity index is 4.34. The fourth-order valence-corrected chi connectivity index (χ4v) is 12.6. The van der Waals surface area contributed by atoms with E-state index in [0.717, 1.165) is 4.90 Å². The zero-order chi connectivity index (χ0) is 70.4. The number of aliphatic carboxylic acids is 1. The first-order valence-electron chi connectivity index (χ1n) is 32.9. The Morgan fingerprint density at radius 1 is 0.538 bits per heavy atom. The number of allylic oxidation sites excluding steroid dienone is 1. The van der Waals surface area contributed by atoms with Crippen LogP contribution in [0.2, 0.25) is 0 Å². The van der Waals surface area contributed by atoms with Crippen LogP contribution < -0.4 is 5.32 Å². The van der Waals surface area contributed by atoms with E-state index in [1.165, 1.54) is 97.4 Å². The van der Waals surface area contributed by atoms with Crippen molar-refractivity contribution in [1.29, 1.82) is 0 Å². The third-order valence-electron chi connectivity index (χ3n) is 17.7. The van der Waals surface area contributed by atoms with Crippen molar-refractivity contribution in [2.45, 2.75) is 223 Å². The lowest BCUT2D eigenvalue weighted by Crippen LogP contribution is -2.61. The van der Waals surface area contributed by atoms with Gasteiger partial charge in [0.2, 0.25) is 47.3 Å². The number of rotatable bonds is 20. The van der Waals surface area contributed by atoms with Crippen molar-refractivity contribution in [2.24, 2.45) is 59.2 Å². The molecule has 0 saturated carbocycles. The van der Waals surface area contributed by atoms with Crippen molar-refractivity contribution in [1.82, 2.24) is 39.6 Å². The molecule has 3 N–H and O–H groups in total. The van der Waals surface area contributed by atoms with Crippen molar-refractivity contribution < 1.29 is 67.7 Å². The highest BCUT2D eigenvalue weighted by Gasteiger charge is 2.46. The third kappa shape index (κ3) is 25.3. The van der Waals surface area contributed by atoms with Crippen molar-refractivity contribution >= 4 is 82.3 Å². The SMILES string of the molecule is CC[C@@H]1CC(=O)[C@H]([C@H](O)[C@H](C)C/C=C/CSCCC(=O)O)N(C)C(=O)[C@H](C(C)C)N(C)C(=O)[C@H](CC(C)C)N(C)C(=O)[C@H](CC(C)C)N(C)C(=O)[C@@H](C)NC(=O)[C@H](C)CC(=O)[C@H](CC(C)C)N(C)C(=O)[C@H](C(C)C)CC(=O)[C@H](CC(C)C)N(C)C(=O)CN(C)C1=O. The minimum atomic E-state index is -1.56. The molecule has 23 heteroatoms. The highest BCUT2D eigenvalue weighted by atomic mass is 32.2. The summed E-state index contributed by atoms with van der Waals surface area (Å²) in [5.74, 6) is -11.4. The quantitative estimate of drug-likeness (QED) is 0.0842. The lowest BCUT2D eigenvalue weighted by molar-refractivity contribution is -0.157. The number of amides is 8. The second kappa shape index (κ2) is 39.1. The smallest absolute Gasteiger partial charge is 0.304 e. The summed E-state index contributed by atoms with van der Waals surface area (Å²) in [7, 11) is 10.1. The number of aliphatic hydroxyl groups excluding tert-OH is 1. The van der Waals surface area contributed by atoms with E-state index >= 15 is 19.2 Å².